The van der Waals surface area contributed by atoms with Crippen LogP contribution in [0, 0.1) is 5.82 Å². The zero-order valence-electron chi connectivity index (χ0n) is 13.1. The van der Waals surface area contributed by atoms with E-state index in [0.29, 0.717) is 5.69 Å². The molecule has 0 aliphatic carbocycles. The number of nitrogens with zero attached hydrogens (tertiary/aromatic N) is 1. The van der Waals surface area contributed by atoms with E-state index in [1.54, 1.807) is 17.4 Å². The lowest BCUT2D eigenvalue weighted by atomic mass is 10.1. The summed E-state index contributed by atoms with van der Waals surface area (Å²) in [5.74, 6) is -0.175. The molecule has 2 aromatic rings. The van der Waals surface area contributed by atoms with Gasteiger partial charge >= 0.3 is 0 Å². The molecule has 0 radical (unpaired) electrons. The second-order valence-electron chi connectivity index (χ2n) is 6.28. The van der Waals surface area contributed by atoms with E-state index in [1.165, 1.54) is 15.8 Å². The molecular weight excluding hydrogens is 283 g/mol. The first-order valence-electron chi connectivity index (χ1n) is 7.13. The Hall–Kier alpha value is -1.39. The SMILES string of the molecule is CN(Cc1ccc(CNC(C)(C)C)s1)c1ccccc1F. The zero-order valence-corrected chi connectivity index (χ0v) is 13.9. The monoisotopic (exact) mass is 306 g/mol. The fraction of sp³-hybridized carbons (Fsp3) is 0.412. The molecule has 0 spiro atoms. The van der Waals surface area contributed by atoms with Crippen LogP contribution in [0.5, 0.6) is 0 Å². The maximum Gasteiger partial charge on any atom is 0.146 e. The maximum atomic E-state index is 13.8. The number of halogens is 1. The molecule has 0 unspecified atom stereocenters. The molecule has 1 aromatic heterocycles. The number of anilines is 1. The summed E-state index contributed by atoms with van der Waals surface area (Å²) in [7, 11) is 1.92. The van der Waals surface area contributed by atoms with Crippen LogP contribution in [0.25, 0.3) is 0 Å². The summed E-state index contributed by atoms with van der Waals surface area (Å²) in [6.07, 6.45) is 0. The molecule has 0 aliphatic rings. The topological polar surface area (TPSA) is 15.3 Å². The van der Waals surface area contributed by atoms with E-state index < -0.39 is 0 Å². The van der Waals surface area contributed by atoms with E-state index in [-0.39, 0.29) is 11.4 Å². The molecule has 2 nitrogen and oxygen atoms in total. The predicted octanol–water partition coefficient (Wildman–Crippen LogP) is 4.41. The lowest BCUT2D eigenvalue weighted by Gasteiger charge is -2.20. The van der Waals surface area contributed by atoms with Crippen LogP contribution in [0.1, 0.15) is 30.5 Å². The maximum absolute atomic E-state index is 13.8. The van der Waals surface area contributed by atoms with Crippen molar-refractivity contribution in [3.05, 3.63) is 52.0 Å². The van der Waals surface area contributed by atoms with Crippen molar-refractivity contribution in [2.45, 2.75) is 39.4 Å². The van der Waals surface area contributed by atoms with E-state index in [9.17, 15) is 4.39 Å². The molecule has 0 bridgehead atoms. The van der Waals surface area contributed by atoms with E-state index in [2.05, 4.69) is 38.2 Å². The van der Waals surface area contributed by atoms with Gasteiger partial charge in [-0.05, 0) is 45.0 Å². The molecule has 1 N–H and O–H groups in total. The number of para-hydroxylation sites is 1. The largest absolute Gasteiger partial charge is 0.367 e. The van der Waals surface area contributed by atoms with Gasteiger partial charge < -0.3 is 10.2 Å². The highest BCUT2D eigenvalue weighted by molar-refractivity contribution is 7.12. The highest BCUT2D eigenvalue weighted by atomic mass is 32.1. The smallest absolute Gasteiger partial charge is 0.146 e. The van der Waals surface area contributed by atoms with Crippen LogP contribution < -0.4 is 10.2 Å². The predicted molar refractivity (Wildman–Crippen MR) is 89.4 cm³/mol. The van der Waals surface area contributed by atoms with Crippen LogP contribution in [-0.2, 0) is 13.1 Å². The van der Waals surface area contributed by atoms with Crippen molar-refractivity contribution in [1.29, 1.82) is 0 Å². The quantitative estimate of drug-likeness (QED) is 0.880. The molecule has 0 fully saturated rings. The third-order valence-corrected chi connectivity index (χ3v) is 4.24. The third kappa shape index (κ3) is 4.83. The Kier molecular flexibility index (Phi) is 5.01. The van der Waals surface area contributed by atoms with Gasteiger partial charge in [-0.25, -0.2) is 4.39 Å². The van der Waals surface area contributed by atoms with E-state index in [4.69, 9.17) is 0 Å². The minimum Gasteiger partial charge on any atom is -0.367 e. The van der Waals surface area contributed by atoms with Crippen molar-refractivity contribution in [2.75, 3.05) is 11.9 Å². The standard InChI is InChI=1S/C17H23FN2S/c1-17(2,3)19-11-13-9-10-14(21-13)12-20(4)16-8-6-5-7-15(16)18/h5-10,19H,11-12H2,1-4H3. The van der Waals surface area contributed by atoms with Crippen molar-refractivity contribution < 1.29 is 4.39 Å². The van der Waals surface area contributed by atoms with E-state index >= 15 is 0 Å². The van der Waals surface area contributed by atoms with Gasteiger partial charge in [0.05, 0.1) is 12.2 Å². The minimum atomic E-state index is -0.175. The Morgan fingerprint density at radius 3 is 2.43 bits per heavy atom. The normalized spacial score (nSPS) is 11.7. The first kappa shape index (κ1) is 16.0. The molecule has 0 atom stereocenters. The summed E-state index contributed by atoms with van der Waals surface area (Å²) in [6.45, 7) is 8.08. The summed E-state index contributed by atoms with van der Waals surface area (Å²) >= 11 is 1.78. The molecule has 2 rings (SSSR count). The lowest BCUT2D eigenvalue weighted by molar-refractivity contribution is 0.426. The number of rotatable bonds is 5. The summed E-state index contributed by atoms with van der Waals surface area (Å²) in [5.41, 5.74) is 0.758. The average molecular weight is 306 g/mol. The fourth-order valence-corrected chi connectivity index (χ4v) is 3.05. The van der Waals surface area contributed by atoms with Gasteiger partial charge in [0, 0.05) is 28.9 Å². The number of thiophene rings is 1. The van der Waals surface area contributed by atoms with Gasteiger partial charge in [0.15, 0.2) is 0 Å². The lowest BCUT2D eigenvalue weighted by Crippen LogP contribution is -2.34. The highest BCUT2D eigenvalue weighted by Gasteiger charge is 2.11. The fourth-order valence-electron chi connectivity index (χ4n) is 2.03. The molecule has 21 heavy (non-hydrogen) atoms. The van der Waals surface area contributed by atoms with Crippen LogP contribution in [0.2, 0.25) is 0 Å². The number of nitrogens with one attached hydrogen (secondary N) is 1. The number of hydrogen-bond acceptors (Lipinski definition) is 3. The van der Waals surface area contributed by atoms with Crippen molar-refractivity contribution in [3.8, 4) is 0 Å². The van der Waals surface area contributed by atoms with Gasteiger partial charge in [-0.2, -0.15) is 0 Å². The van der Waals surface area contributed by atoms with Gasteiger partial charge in [-0.3, -0.25) is 0 Å². The van der Waals surface area contributed by atoms with Gasteiger partial charge in [0.2, 0.25) is 0 Å². The summed E-state index contributed by atoms with van der Waals surface area (Å²) in [4.78, 5) is 4.50. The molecule has 1 aromatic carbocycles. The summed E-state index contributed by atoms with van der Waals surface area (Å²) in [6, 6.07) is 11.2. The Bertz CT molecular complexity index is 586. The Morgan fingerprint density at radius 1 is 1.10 bits per heavy atom. The molecule has 0 saturated heterocycles. The Balaban J connectivity index is 1.98. The number of benzene rings is 1. The summed E-state index contributed by atoms with van der Waals surface area (Å²) in [5, 5.41) is 3.48. The molecular formula is C17H23FN2S. The molecule has 0 saturated carbocycles. The first-order valence-corrected chi connectivity index (χ1v) is 7.95. The van der Waals surface area contributed by atoms with Crippen LogP contribution in [0.4, 0.5) is 10.1 Å². The van der Waals surface area contributed by atoms with Crippen LogP contribution in [-0.4, -0.2) is 12.6 Å². The van der Waals surface area contributed by atoms with Gasteiger partial charge in [0.25, 0.3) is 0 Å². The van der Waals surface area contributed by atoms with Crippen molar-refractivity contribution in [1.82, 2.24) is 5.32 Å². The first-order chi connectivity index (χ1) is 9.85. The third-order valence-electron chi connectivity index (χ3n) is 3.17. The van der Waals surface area contributed by atoms with Crippen molar-refractivity contribution in [2.24, 2.45) is 0 Å². The summed E-state index contributed by atoms with van der Waals surface area (Å²) < 4.78 is 13.8. The van der Waals surface area contributed by atoms with Gasteiger partial charge in [-0.1, -0.05) is 12.1 Å². The second-order valence-corrected chi connectivity index (χ2v) is 7.53. The van der Waals surface area contributed by atoms with E-state index in [1.807, 2.05) is 24.1 Å². The van der Waals surface area contributed by atoms with Crippen LogP contribution in [0.15, 0.2) is 36.4 Å². The van der Waals surface area contributed by atoms with Crippen molar-refractivity contribution >= 4 is 17.0 Å². The average Bonchev–Trinajstić information content (AvgIpc) is 2.83. The highest BCUT2D eigenvalue weighted by Crippen LogP contribution is 2.23. The van der Waals surface area contributed by atoms with Crippen LogP contribution >= 0.6 is 11.3 Å². The number of hydrogen-bond donors (Lipinski definition) is 1. The Labute approximate surface area is 130 Å². The molecule has 1 heterocycles. The van der Waals surface area contributed by atoms with Crippen molar-refractivity contribution in [3.63, 3.8) is 0 Å². The van der Waals surface area contributed by atoms with Gasteiger partial charge in [-0.15, -0.1) is 11.3 Å². The van der Waals surface area contributed by atoms with Gasteiger partial charge in [0.1, 0.15) is 5.82 Å². The Morgan fingerprint density at radius 2 is 1.76 bits per heavy atom. The molecule has 4 heteroatoms. The zero-order chi connectivity index (χ0) is 15.5. The second kappa shape index (κ2) is 6.58. The molecule has 114 valence electrons. The molecule has 0 amide bonds. The molecule has 0 aliphatic heterocycles. The van der Waals surface area contributed by atoms with E-state index in [0.717, 1.165) is 13.1 Å². The van der Waals surface area contributed by atoms with Crippen LogP contribution in [0.3, 0.4) is 0 Å². The minimum absolute atomic E-state index is 0.119.